The molecule has 0 atom stereocenters. The Morgan fingerprint density at radius 2 is 2.09 bits per heavy atom. The van der Waals surface area contributed by atoms with Crippen molar-refractivity contribution in [1.82, 2.24) is 4.98 Å². The normalized spacial score (nSPS) is 10.2. The lowest BCUT2D eigenvalue weighted by Crippen LogP contribution is -2.21. The molecule has 2 aromatic heterocycles. The number of hydrogen-bond acceptors (Lipinski definition) is 6. The molecule has 0 aliphatic heterocycles. The first kappa shape index (κ1) is 14.3. The van der Waals surface area contributed by atoms with Crippen LogP contribution in [0.2, 0.25) is 0 Å². The van der Waals surface area contributed by atoms with Gasteiger partial charge in [0.1, 0.15) is 34.5 Å². The van der Waals surface area contributed by atoms with E-state index in [4.69, 9.17) is 9.68 Å². The van der Waals surface area contributed by atoms with Gasteiger partial charge in [-0.2, -0.15) is 5.26 Å². The fraction of sp³-hybridized carbons (Fsp3) is 0. The number of carbonyl (C=O) groups is 1. The Kier molecular flexibility index (Phi) is 3.49. The molecule has 0 unspecified atom stereocenters. The van der Waals surface area contributed by atoms with Gasteiger partial charge in [-0.05, 0) is 36.4 Å². The summed E-state index contributed by atoms with van der Waals surface area (Å²) in [6.07, 6.45) is 0. The number of hydrogen-bond donors (Lipinski definition) is 2. The van der Waals surface area contributed by atoms with Crippen molar-refractivity contribution in [3.63, 3.8) is 0 Å². The third-order valence-corrected chi connectivity index (χ3v) is 3.07. The Labute approximate surface area is 129 Å². The van der Waals surface area contributed by atoms with Gasteiger partial charge in [-0.3, -0.25) is 4.79 Å². The first-order valence-corrected chi connectivity index (χ1v) is 6.52. The fourth-order valence-electron chi connectivity index (χ4n) is 2.02. The molecule has 3 aromatic rings. The summed E-state index contributed by atoms with van der Waals surface area (Å²) in [6.45, 7) is 0. The van der Waals surface area contributed by atoms with Crippen LogP contribution >= 0.6 is 0 Å². The molecule has 0 spiro atoms. The molecule has 7 nitrogen and oxygen atoms in total. The van der Waals surface area contributed by atoms with Crippen LogP contribution in [0.25, 0.3) is 11.0 Å². The second-order valence-corrected chi connectivity index (χ2v) is 4.64. The van der Waals surface area contributed by atoms with Crippen LogP contribution in [0.15, 0.2) is 51.7 Å². The monoisotopic (exact) mass is 307 g/mol. The predicted octanol–water partition coefficient (Wildman–Crippen LogP) is 2.02. The second kappa shape index (κ2) is 5.61. The van der Waals surface area contributed by atoms with Crippen LogP contribution < -0.4 is 10.9 Å². The summed E-state index contributed by atoms with van der Waals surface area (Å²) < 4.78 is 5.05. The summed E-state index contributed by atoms with van der Waals surface area (Å²) in [7, 11) is 0. The number of pyridine rings is 1. The van der Waals surface area contributed by atoms with E-state index in [0.29, 0.717) is 5.39 Å². The van der Waals surface area contributed by atoms with E-state index >= 15 is 0 Å². The van der Waals surface area contributed by atoms with Crippen LogP contribution in [0.4, 0.5) is 5.82 Å². The number of phenolic OH excluding ortho intramolecular Hbond substituents is 1. The van der Waals surface area contributed by atoms with Gasteiger partial charge in [0.15, 0.2) is 0 Å². The van der Waals surface area contributed by atoms with E-state index in [1.165, 1.54) is 36.4 Å². The summed E-state index contributed by atoms with van der Waals surface area (Å²) in [5.74, 6) is -0.586. The van der Waals surface area contributed by atoms with Gasteiger partial charge in [0, 0.05) is 5.39 Å². The molecule has 23 heavy (non-hydrogen) atoms. The number of nitriles is 1. The highest BCUT2D eigenvalue weighted by atomic mass is 16.4. The summed E-state index contributed by atoms with van der Waals surface area (Å²) in [5.41, 5.74) is -0.642. The van der Waals surface area contributed by atoms with E-state index in [1.807, 2.05) is 6.07 Å². The Bertz CT molecular complexity index is 1020. The van der Waals surface area contributed by atoms with Crippen molar-refractivity contribution in [2.24, 2.45) is 0 Å². The van der Waals surface area contributed by atoms with Crippen molar-refractivity contribution in [1.29, 1.82) is 5.26 Å². The molecule has 0 saturated carbocycles. The molecule has 112 valence electrons. The summed E-state index contributed by atoms with van der Waals surface area (Å²) in [6, 6.07) is 11.9. The highest BCUT2D eigenvalue weighted by Crippen LogP contribution is 2.19. The van der Waals surface area contributed by atoms with Gasteiger partial charge in [-0.15, -0.1) is 0 Å². The number of benzene rings is 1. The molecular formula is C16H9N3O4. The number of fused-ring (bicyclic) bond motifs is 1. The highest BCUT2D eigenvalue weighted by molar-refractivity contribution is 6.05. The Morgan fingerprint density at radius 3 is 2.87 bits per heavy atom. The minimum atomic E-state index is -0.808. The lowest BCUT2D eigenvalue weighted by molar-refractivity contribution is 0.102. The Balaban J connectivity index is 1.98. The number of anilines is 1. The Morgan fingerprint density at radius 1 is 1.26 bits per heavy atom. The molecule has 0 fully saturated rings. The maximum absolute atomic E-state index is 12.2. The van der Waals surface area contributed by atoms with Crippen LogP contribution in [0.5, 0.6) is 5.75 Å². The topological polar surface area (TPSA) is 116 Å². The number of aromatic nitrogens is 1. The summed E-state index contributed by atoms with van der Waals surface area (Å²) in [4.78, 5) is 28.0. The summed E-state index contributed by atoms with van der Waals surface area (Å²) in [5, 5.41) is 21.1. The SMILES string of the molecule is N#Cc1cccc(NC(=O)c2cc3cc(O)ccc3oc2=O)n1. The van der Waals surface area contributed by atoms with E-state index in [0.717, 1.165) is 0 Å². The quantitative estimate of drug-likeness (QED) is 0.700. The zero-order valence-corrected chi connectivity index (χ0v) is 11.6. The molecule has 0 aliphatic carbocycles. The Hall–Kier alpha value is -3.66. The van der Waals surface area contributed by atoms with Crippen molar-refractivity contribution in [3.05, 3.63) is 64.1 Å². The third kappa shape index (κ3) is 2.87. The van der Waals surface area contributed by atoms with Gasteiger partial charge in [0.2, 0.25) is 0 Å². The highest BCUT2D eigenvalue weighted by Gasteiger charge is 2.15. The third-order valence-electron chi connectivity index (χ3n) is 3.07. The number of carbonyl (C=O) groups excluding carboxylic acids is 1. The van der Waals surface area contributed by atoms with Crippen LogP contribution in [0.1, 0.15) is 16.1 Å². The van der Waals surface area contributed by atoms with E-state index in [9.17, 15) is 14.7 Å². The molecule has 0 radical (unpaired) electrons. The first-order chi connectivity index (χ1) is 11.1. The van der Waals surface area contributed by atoms with Crippen molar-refractivity contribution in [2.45, 2.75) is 0 Å². The molecule has 1 aromatic carbocycles. The van der Waals surface area contributed by atoms with E-state index in [1.54, 1.807) is 6.07 Å². The fourth-order valence-corrected chi connectivity index (χ4v) is 2.02. The van der Waals surface area contributed by atoms with Crippen molar-refractivity contribution < 1.29 is 14.3 Å². The number of nitrogens with zero attached hydrogens (tertiary/aromatic N) is 2. The smallest absolute Gasteiger partial charge is 0.349 e. The van der Waals surface area contributed by atoms with Crippen LogP contribution in [-0.2, 0) is 0 Å². The van der Waals surface area contributed by atoms with Crippen LogP contribution in [0.3, 0.4) is 0 Å². The number of nitrogens with one attached hydrogen (secondary N) is 1. The lowest BCUT2D eigenvalue weighted by atomic mass is 10.1. The van der Waals surface area contributed by atoms with Crippen LogP contribution in [0, 0.1) is 11.3 Å². The van der Waals surface area contributed by atoms with E-state index < -0.39 is 11.5 Å². The van der Waals surface area contributed by atoms with Crippen molar-refractivity contribution >= 4 is 22.7 Å². The minimum Gasteiger partial charge on any atom is -0.508 e. The predicted molar refractivity (Wildman–Crippen MR) is 81.1 cm³/mol. The molecule has 1 amide bonds. The number of amides is 1. The molecule has 2 N–H and O–H groups in total. The van der Waals surface area contributed by atoms with Crippen LogP contribution in [-0.4, -0.2) is 16.0 Å². The van der Waals surface area contributed by atoms with Gasteiger partial charge in [-0.1, -0.05) is 6.07 Å². The number of aromatic hydroxyl groups is 1. The number of rotatable bonds is 2. The molecule has 0 aliphatic rings. The summed E-state index contributed by atoms with van der Waals surface area (Å²) >= 11 is 0. The molecule has 7 heteroatoms. The first-order valence-electron chi connectivity index (χ1n) is 6.52. The standard InChI is InChI=1S/C16H9N3O4/c17-8-10-2-1-3-14(18-10)19-15(21)12-7-9-6-11(20)4-5-13(9)23-16(12)22/h1-7,20H,(H,18,19,21). The average Bonchev–Trinajstić information content (AvgIpc) is 2.54. The largest absolute Gasteiger partial charge is 0.508 e. The lowest BCUT2D eigenvalue weighted by Gasteiger charge is -2.05. The van der Waals surface area contributed by atoms with Crippen molar-refractivity contribution in [3.8, 4) is 11.8 Å². The van der Waals surface area contributed by atoms with Gasteiger partial charge in [-0.25, -0.2) is 9.78 Å². The van der Waals surface area contributed by atoms with Gasteiger partial charge in [0.05, 0.1) is 0 Å². The zero-order valence-electron chi connectivity index (χ0n) is 11.6. The van der Waals surface area contributed by atoms with E-state index in [2.05, 4.69) is 10.3 Å². The zero-order chi connectivity index (χ0) is 16.4. The molecular weight excluding hydrogens is 298 g/mol. The molecule has 0 saturated heterocycles. The van der Waals surface area contributed by atoms with Gasteiger partial charge >= 0.3 is 5.63 Å². The van der Waals surface area contributed by atoms with Gasteiger partial charge < -0.3 is 14.8 Å². The number of phenols is 1. The maximum atomic E-state index is 12.2. The van der Waals surface area contributed by atoms with Gasteiger partial charge in [0.25, 0.3) is 5.91 Å². The second-order valence-electron chi connectivity index (χ2n) is 4.64. The average molecular weight is 307 g/mol. The molecule has 0 bridgehead atoms. The molecule has 3 rings (SSSR count). The maximum Gasteiger partial charge on any atom is 0.349 e. The minimum absolute atomic E-state index is 0.0129. The molecule has 2 heterocycles. The van der Waals surface area contributed by atoms with E-state index in [-0.39, 0.29) is 28.4 Å². The van der Waals surface area contributed by atoms with Crippen molar-refractivity contribution in [2.75, 3.05) is 5.32 Å².